The molecule has 1 unspecified atom stereocenters. The molecule has 0 amide bonds. The van der Waals surface area contributed by atoms with Crippen molar-refractivity contribution in [1.29, 1.82) is 0 Å². The molecular formula is C12H19NO. The van der Waals surface area contributed by atoms with Crippen LogP contribution in [0.3, 0.4) is 0 Å². The number of anilines is 1. The summed E-state index contributed by atoms with van der Waals surface area (Å²) < 4.78 is 0. The van der Waals surface area contributed by atoms with E-state index in [-0.39, 0.29) is 6.10 Å². The molecule has 0 fully saturated rings. The lowest BCUT2D eigenvalue weighted by atomic mass is 10.0. The van der Waals surface area contributed by atoms with E-state index < -0.39 is 0 Å². The number of nitrogens with zero attached hydrogens (tertiary/aromatic N) is 1. The number of hydrogen-bond acceptors (Lipinski definition) is 2. The van der Waals surface area contributed by atoms with Crippen LogP contribution in [-0.4, -0.2) is 18.7 Å². The van der Waals surface area contributed by atoms with Gasteiger partial charge in [-0.05, 0) is 38.0 Å². The van der Waals surface area contributed by atoms with Crippen LogP contribution in [0.4, 0.5) is 5.69 Å². The van der Waals surface area contributed by atoms with Crippen molar-refractivity contribution >= 4 is 5.69 Å². The Kier molecular flexibility index (Phi) is 3.53. The Morgan fingerprint density at radius 2 is 2.07 bits per heavy atom. The number of aliphatic hydroxyl groups excluding tert-OH is 1. The summed E-state index contributed by atoms with van der Waals surface area (Å²) in [7, 11) is 2.06. The van der Waals surface area contributed by atoms with Crippen LogP contribution in [-0.2, 0) is 0 Å². The van der Waals surface area contributed by atoms with Gasteiger partial charge in [-0.1, -0.05) is 12.1 Å². The fourth-order valence-corrected chi connectivity index (χ4v) is 1.68. The molecule has 0 aromatic heterocycles. The SMILES string of the molecule is CCN(C)c1cccc(C(C)O)c1C. The van der Waals surface area contributed by atoms with E-state index in [9.17, 15) is 5.11 Å². The minimum Gasteiger partial charge on any atom is -0.389 e. The highest BCUT2D eigenvalue weighted by Crippen LogP contribution is 2.26. The molecule has 2 heteroatoms. The van der Waals surface area contributed by atoms with E-state index in [1.807, 2.05) is 12.1 Å². The van der Waals surface area contributed by atoms with Crippen molar-refractivity contribution in [3.8, 4) is 0 Å². The molecule has 0 spiro atoms. The van der Waals surface area contributed by atoms with Crippen LogP contribution in [0, 0.1) is 6.92 Å². The maximum Gasteiger partial charge on any atom is 0.0765 e. The molecule has 0 aliphatic carbocycles. The molecule has 2 nitrogen and oxygen atoms in total. The van der Waals surface area contributed by atoms with Gasteiger partial charge in [0.05, 0.1) is 6.10 Å². The van der Waals surface area contributed by atoms with E-state index in [0.717, 1.165) is 12.1 Å². The smallest absolute Gasteiger partial charge is 0.0765 e. The number of aliphatic hydroxyl groups is 1. The maximum atomic E-state index is 9.56. The van der Waals surface area contributed by atoms with Gasteiger partial charge in [0.25, 0.3) is 0 Å². The summed E-state index contributed by atoms with van der Waals surface area (Å²) in [6, 6.07) is 6.06. The van der Waals surface area contributed by atoms with Crippen molar-refractivity contribution in [1.82, 2.24) is 0 Å². The van der Waals surface area contributed by atoms with E-state index in [2.05, 4.69) is 31.9 Å². The number of benzene rings is 1. The average Bonchev–Trinajstić information content (AvgIpc) is 2.16. The fourth-order valence-electron chi connectivity index (χ4n) is 1.68. The molecule has 1 N–H and O–H groups in total. The second kappa shape index (κ2) is 4.47. The summed E-state index contributed by atoms with van der Waals surface area (Å²) in [5, 5.41) is 9.56. The summed E-state index contributed by atoms with van der Waals surface area (Å²) in [6.07, 6.45) is -0.389. The minimum atomic E-state index is -0.389. The van der Waals surface area contributed by atoms with Crippen molar-refractivity contribution in [3.63, 3.8) is 0 Å². The van der Waals surface area contributed by atoms with Crippen LogP contribution < -0.4 is 4.90 Å². The minimum absolute atomic E-state index is 0.389. The molecule has 0 aliphatic heterocycles. The van der Waals surface area contributed by atoms with Gasteiger partial charge >= 0.3 is 0 Å². The van der Waals surface area contributed by atoms with Gasteiger partial charge in [-0.3, -0.25) is 0 Å². The Balaban J connectivity index is 3.13. The summed E-state index contributed by atoms with van der Waals surface area (Å²) >= 11 is 0. The first-order chi connectivity index (χ1) is 6.57. The predicted molar refractivity (Wildman–Crippen MR) is 60.8 cm³/mol. The number of rotatable bonds is 3. The fraction of sp³-hybridized carbons (Fsp3) is 0.500. The molecule has 78 valence electrons. The lowest BCUT2D eigenvalue weighted by molar-refractivity contribution is 0.198. The average molecular weight is 193 g/mol. The summed E-state index contributed by atoms with van der Waals surface area (Å²) in [5.41, 5.74) is 3.39. The Labute approximate surface area is 86.2 Å². The second-order valence-corrected chi connectivity index (χ2v) is 3.68. The van der Waals surface area contributed by atoms with E-state index >= 15 is 0 Å². The van der Waals surface area contributed by atoms with Crippen LogP contribution >= 0.6 is 0 Å². The Bertz CT molecular complexity index is 307. The van der Waals surface area contributed by atoms with E-state index in [1.165, 1.54) is 11.3 Å². The van der Waals surface area contributed by atoms with Gasteiger partial charge in [0.1, 0.15) is 0 Å². The third kappa shape index (κ3) is 2.07. The maximum absolute atomic E-state index is 9.56. The van der Waals surface area contributed by atoms with Crippen molar-refractivity contribution in [3.05, 3.63) is 29.3 Å². The molecule has 1 atom stereocenters. The first-order valence-electron chi connectivity index (χ1n) is 5.06. The molecule has 1 aromatic rings. The summed E-state index contributed by atoms with van der Waals surface area (Å²) in [5.74, 6) is 0. The van der Waals surface area contributed by atoms with E-state index in [1.54, 1.807) is 6.92 Å². The number of hydrogen-bond donors (Lipinski definition) is 1. The van der Waals surface area contributed by atoms with Crippen LogP contribution in [0.1, 0.15) is 31.1 Å². The topological polar surface area (TPSA) is 23.5 Å². The van der Waals surface area contributed by atoms with Gasteiger partial charge in [-0.2, -0.15) is 0 Å². The quantitative estimate of drug-likeness (QED) is 0.797. The Morgan fingerprint density at radius 3 is 2.57 bits per heavy atom. The molecule has 0 bridgehead atoms. The Hall–Kier alpha value is -1.02. The van der Waals surface area contributed by atoms with Gasteiger partial charge in [-0.15, -0.1) is 0 Å². The highest BCUT2D eigenvalue weighted by atomic mass is 16.3. The molecule has 1 rings (SSSR count). The standard InChI is InChI=1S/C12H19NO/c1-5-13(4)12-8-6-7-11(9(12)2)10(3)14/h6-8,10,14H,5H2,1-4H3. The van der Waals surface area contributed by atoms with Crippen LogP contribution in [0.2, 0.25) is 0 Å². The third-order valence-electron chi connectivity index (χ3n) is 2.68. The van der Waals surface area contributed by atoms with Gasteiger partial charge in [0, 0.05) is 19.3 Å². The Morgan fingerprint density at radius 1 is 1.43 bits per heavy atom. The van der Waals surface area contributed by atoms with Gasteiger partial charge in [0.2, 0.25) is 0 Å². The summed E-state index contributed by atoms with van der Waals surface area (Å²) in [6.45, 7) is 6.96. The zero-order valence-electron chi connectivity index (χ0n) is 9.41. The zero-order chi connectivity index (χ0) is 10.7. The van der Waals surface area contributed by atoms with Crippen molar-refractivity contribution in [2.45, 2.75) is 26.9 Å². The first-order valence-corrected chi connectivity index (χ1v) is 5.06. The van der Waals surface area contributed by atoms with Crippen LogP contribution in [0.15, 0.2) is 18.2 Å². The lowest BCUT2D eigenvalue weighted by Crippen LogP contribution is -2.17. The third-order valence-corrected chi connectivity index (χ3v) is 2.68. The van der Waals surface area contributed by atoms with E-state index in [0.29, 0.717) is 0 Å². The molecule has 14 heavy (non-hydrogen) atoms. The molecule has 0 saturated heterocycles. The highest BCUT2D eigenvalue weighted by Gasteiger charge is 2.09. The zero-order valence-corrected chi connectivity index (χ0v) is 9.41. The van der Waals surface area contributed by atoms with E-state index in [4.69, 9.17) is 0 Å². The van der Waals surface area contributed by atoms with Gasteiger partial charge in [-0.25, -0.2) is 0 Å². The summed E-state index contributed by atoms with van der Waals surface area (Å²) in [4.78, 5) is 2.18. The first kappa shape index (κ1) is 11.1. The molecule has 0 radical (unpaired) electrons. The van der Waals surface area contributed by atoms with Gasteiger partial charge in [0.15, 0.2) is 0 Å². The van der Waals surface area contributed by atoms with Gasteiger partial charge < -0.3 is 10.0 Å². The second-order valence-electron chi connectivity index (χ2n) is 3.68. The highest BCUT2D eigenvalue weighted by molar-refractivity contribution is 5.56. The monoisotopic (exact) mass is 193 g/mol. The van der Waals surface area contributed by atoms with Crippen LogP contribution in [0.25, 0.3) is 0 Å². The molecule has 1 aromatic carbocycles. The molecule has 0 heterocycles. The molecule has 0 saturated carbocycles. The van der Waals surface area contributed by atoms with Crippen molar-refractivity contribution in [2.24, 2.45) is 0 Å². The normalized spacial score (nSPS) is 12.6. The lowest BCUT2D eigenvalue weighted by Gasteiger charge is -2.22. The predicted octanol–water partition coefficient (Wildman–Crippen LogP) is 2.50. The van der Waals surface area contributed by atoms with Crippen molar-refractivity contribution in [2.75, 3.05) is 18.5 Å². The largest absolute Gasteiger partial charge is 0.389 e. The van der Waals surface area contributed by atoms with Crippen molar-refractivity contribution < 1.29 is 5.11 Å². The molecular weight excluding hydrogens is 174 g/mol. The molecule has 0 aliphatic rings. The van der Waals surface area contributed by atoms with Crippen LogP contribution in [0.5, 0.6) is 0 Å².